The smallest absolute Gasteiger partial charge is 0.274 e. The third-order valence-electron chi connectivity index (χ3n) is 1.80. The molecule has 6 heteroatoms. The van der Waals surface area contributed by atoms with Gasteiger partial charge >= 0.3 is 0 Å². The van der Waals surface area contributed by atoms with E-state index in [1.165, 1.54) is 12.1 Å². The summed E-state index contributed by atoms with van der Waals surface area (Å²) < 4.78 is 0. The third kappa shape index (κ3) is 1.98. The van der Waals surface area contributed by atoms with Crippen LogP contribution in [0.4, 0.5) is 5.69 Å². The van der Waals surface area contributed by atoms with Gasteiger partial charge in [-0.3, -0.25) is 10.1 Å². The summed E-state index contributed by atoms with van der Waals surface area (Å²) in [5.41, 5.74) is 5.35. The van der Waals surface area contributed by atoms with E-state index < -0.39 is 17.6 Å². The number of phenols is 1. The lowest BCUT2D eigenvalue weighted by molar-refractivity contribution is -0.385. The molecule has 76 valence electrons. The molecule has 0 aliphatic rings. The molecule has 0 radical (unpaired) electrons. The molecule has 6 nitrogen and oxygen atoms in total. The van der Waals surface area contributed by atoms with E-state index in [-0.39, 0.29) is 17.0 Å². The van der Waals surface area contributed by atoms with Gasteiger partial charge in [0.25, 0.3) is 5.69 Å². The fourth-order valence-corrected chi connectivity index (χ4v) is 1.10. The zero-order valence-corrected chi connectivity index (χ0v) is 7.25. The van der Waals surface area contributed by atoms with Crippen LogP contribution in [0.25, 0.3) is 0 Å². The second-order valence-electron chi connectivity index (χ2n) is 2.79. The van der Waals surface area contributed by atoms with E-state index in [4.69, 9.17) is 15.9 Å². The predicted molar refractivity (Wildman–Crippen MR) is 48.8 cm³/mol. The highest BCUT2D eigenvalue weighted by atomic mass is 16.6. The van der Waals surface area contributed by atoms with Crippen LogP contribution in [0.5, 0.6) is 5.75 Å². The summed E-state index contributed by atoms with van der Waals surface area (Å²) in [4.78, 5) is 9.93. The van der Waals surface area contributed by atoms with Crippen molar-refractivity contribution in [2.24, 2.45) is 5.73 Å². The summed E-state index contributed by atoms with van der Waals surface area (Å²) in [5, 5.41) is 28.4. The van der Waals surface area contributed by atoms with Gasteiger partial charge in [0.2, 0.25) is 0 Å². The van der Waals surface area contributed by atoms with Crippen molar-refractivity contribution >= 4 is 5.69 Å². The molecule has 1 aromatic rings. The van der Waals surface area contributed by atoms with Gasteiger partial charge in [0.1, 0.15) is 5.75 Å². The van der Waals surface area contributed by atoms with Crippen LogP contribution in [0.1, 0.15) is 11.6 Å². The van der Waals surface area contributed by atoms with Gasteiger partial charge in [-0.2, -0.15) is 0 Å². The predicted octanol–water partition coefficient (Wildman–Crippen LogP) is 0.292. The second kappa shape index (κ2) is 4.03. The lowest BCUT2D eigenvalue weighted by atomic mass is 10.1. The summed E-state index contributed by atoms with van der Waals surface area (Å²) in [6, 6.07) is 2.67. The molecule has 14 heavy (non-hydrogen) atoms. The number of nitro benzene ring substituents is 1. The molecule has 1 aromatic carbocycles. The lowest BCUT2D eigenvalue weighted by Crippen LogP contribution is -2.16. The van der Waals surface area contributed by atoms with Gasteiger partial charge in [0.05, 0.1) is 23.1 Å². The van der Waals surface area contributed by atoms with Crippen LogP contribution in [0.15, 0.2) is 18.2 Å². The minimum Gasteiger partial charge on any atom is -0.508 e. The van der Waals surface area contributed by atoms with Crippen molar-refractivity contribution in [3.8, 4) is 5.75 Å². The first-order valence-electron chi connectivity index (χ1n) is 3.90. The SMILES string of the molecule is N[C@H](CO)c1cc(O)ccc1[N+](=O)[O-]. The number of aromatic hydroxyl groups is 1. The van der Waals surface area contributed by atoms with Crippen molar-refractivity contribution in [1.29, 1.82) is 0 Å². The summed E-state index contributed by atoms with van der Waals surface area (Å²) in [7, 11) is 0. The van der Waals surface area contributed by atoms with E-state index >= 15 is 0 Å². The van der Waals surface area contributed by atoms with Crippen molar-refractivity contribution in [2.75, 3.05) is 6.61 Å². The van der Waals surface area contributed by atoms with Crippen molar-refractivity contribution in [3.63, 3.8) is 0 Å². The van der Waals surface area contributed by atoms with Gasteiger partial charge < -0.3 is 15.9 Å². The first-order chi connectivity index (χ1) is 6.56. The monoisotopic (exact) mass is 198 g/mol. The quantitative estimate of drug-likeness (QED) is 0.477. The van der Waals surface area contributed by atoms with Gasteiger partial charge in [-0.05, 0) is 12.1 Å². The number of benzene rings is 1. The lowest BCUT2D eigenvalue weighted by Gasteiger charge is -2.08. The Kier molecular flexibility index (Phi) is 3.00. The van der Waals surface area contributed by atoms with Gasteiger partial charge in [-0.15, -0.1) is 0 Å². The van der Waals surface area contributed by atoms with E-state index in [1.54, 1.807) is 0 Å². The van der Waals surface area contributed by atoms with Gasteiger partial charge in [0.15, 0.2) is 0 Å². The number of hydrogen-bond donors (Lipinski definition) is 3. The number of nitro groups is 1. The van der Waals surface area contributed by atoms with E-state index in [2.05, 4.69) is 0 Å². The van der Waals surface area contributed by atoms with Crippen LogP contribution in [0.2, 0.25) is 0 Å². The average molecular weight is 198 g/mol. The minimum absolute atomic E-state index is 0.116. The van der Waals surface area contributed by atoms with Crippen LogP contribution in [0.3, 0.4) is 0 Å². The van der Waals surface area contributed by atoms with Gasteiger partial charge in [0, 0.05) is 6.07 Å². The van der Waals surface area contributed by atoms with Crippen LogP contribution < -0.4 is 5.73 Å². The number of aliphatic hydroxyl groups excluding tert-OH is 1. The Morgan fingerprint density at radius 3 is 2.71 bits per heavy atom. The van der Waals surface area contributed by atoms with E-state index in [1.807, 2.05) is 0 Å². The fourth-order valence-electron chi connectivity index (χ4n) is 1.10. The van der Waals surface area contributed by atoms with E-state index in [9.17, 15) is 10.1 Å². The summed E-state index contributed by atoms with van der Waals surface area (Å²) in [6.45, 7) is -0.412. The topological polar surface area (TPSA) is 110 Å². The molecule has 0 heterocycles. The molecule has 0 amide bonds. The van der Waals surface area contributed by atoms with E-state index in [0.29, 0.717) is 0 Å². The number of hydrogen-bond acceptors (Lipinski definition) is 5. The first-order valence-corrected chi connectivity index (χ1v) is 3.90. The number of nitrogens with two attached hydrogens (primary N) is 1. The summed E-state index contributed by atoms with van der Waals surface area (Å²) in [6.07, 6.45) is 0. The molecule has 4 N–H and O–H groups in total. The Bertz CT molecular complexity index is 353. The third-order valence-corrected chi connectivity index (χ3v) is 1.80. The molecule has 0 spiro atoms. The molecular weight excluding hydrogens is 188 g/mol. The average Bonchev–Trinajstić information content (AvgIpc) is 2.16. The number of aliphatic hydroxyl groups is 1. The van der Waals surface area contributed by atoms with Crippen molar-refractivity contribution in [2.45, 2.75) is 6.04 Å². The Morgan fingerprint density at radius 2 is 2.21 bits per heavy atom. The highest BCUT2D eigenvalue weighted by Gasteiger charge is 2.19. The Labute approximate surface area is 79.7 Å². The van der Waals surface area contributed by atoms with Crippen LogP contribution in [-0.4, -0.2) is 21.7 Å². The highest BCUT2D eigenvalue weighted by molar-refractivity contribution is 5.46. The molecule has 0 bridgehead atoms. The Balaban J connectivity index is 3.22. The molecular formula is C8H10N2O4. The van der Waals surface area contributed by atoms with E-state index in [0.717, 1.165) is 6.07 Å². The van der Waals surface area contributed by atoms with Crippen molar-refractivity contribution < 1.29 is 15.1 Å². The Hall–Kier alpha value is -1.66. The fraction of sp³-hybridized carbons (Fsp3) is 0.250. The highest BCUT2D eigenvalue weighted by Crippen LogP contribution is 2.27. The van der Waals surface area contributed by atoms with Gasteiger partial charge in [-0.25, -0.2) is 0 Å². The number of rotatable bonds is 3. The first kappa shape index (κ1) is 10.4. The number of nitrogens with zero attached hydrogens (tertiary/aromatic N) is 1. The van der Waals surface area contributed by atoms with Crippen molar-refractivity contribution in [3.05, 3.63) is 33.9 Å². The second-order valence-corrected chi connectivity index (χ2v) is 2.79. The van der Waals surface area contributed by atoms with Crippen LogP contribution >= 0.6 is 0 Å². The number of phenolic OH excluding ortho intramolecular Hbond substituents is 1. The molecule has 1 rings (SSSR count). The minimum atomic E-state index is -0.859. The molecule has 0 aromatic heterocycles. The molecule has 1 atom stereocenters. The molecule has 0 fully saturated rings. The van der Waals surface area contributed by atoms with Crippen molar-refractivity contribution in [1.82, 2.24) is 0 Å². The molecule has 0 aliphatic carbocycles. The van der Waals surface area contributed by atoms with Crippen LogP contribution in [-0.2, 0) is 0 Å². The summed E-state index contributed by atoms with van der Waals surface area (Å²) >= 11 is 0. The standard InChI is InChI=1S/C8H10N2O4/c9-7(4-11)6-3-5(12)1-2-8(6)10(13)14/h1-3,7,11-12H,4,9H2/t7-/m1/s1. The van der Waals surface area contributed by atoms with Gasteiger partial charge in [-0.1, -0.05) is 0 Å². The molecule has 0 unspecified atom stereocenters. The summed E-state index contributed by atoms with van der Waals surface area (Å²) in [5.74, 6) is -0.116. The maximum atomic E-state index is 10.5. The zero-order valence-electron chi connectivity index (χ0n) is 7.25. The largest absolute Gasteiger partial charge is 0.508 e. The molecule has 0 saturated carbocycles. The Morgan fingerprint density at radius 1 is 1.57 bits per heavy atom. The molecule has 0 saturated heterocycles. The maximum Gasteiger partial charge on any atom is 0.274 e. The zero-order chi connectivity index (χ0) is 10.7. The maximum absolute atomic E-state index is 10.5. The van der Waals surface area contributed by atoms with Crippen LogP contribution in [0, 0.1) is 10.1 Å². The normalized spacial score (nSPS) is 12.4. The molecule has 0 aliphatic heterocycles.